The molecule has 1 unspecified atom stereocenters. The first-order valence-electron chi connectivity index (χ1n) is 9.07. The topological polar surface area (TPSA) is 149 Å². The van der Waals surface area contributed by atoms with Crippen molar-refractivity contribution in [2.75, 3.05) is 24.5 Å². The van der Waals surface area contributed by atoms with Crippen LogP contribution in [0.25, 0.3) is 0 Å². The number of sulfonamides is 1. The summed E-state index contributed by atoms with van der Waals surface area (Å²) in [7, 11) is -3.82. The second kappa shape index (κ2) is 7.32. The number of amides is 2. The van der Waals surface area contributed by atoms with Crippen molar-refractivity contribution in [1.29, 1.82) is 0 Å². The predicted octanol–water partition coefficient (Wildman–Crippen LogP) is 0.578. The number of likely N-dealkylation sites (tertiary alicyclic amines) is 1. The fraction of sp³-hybridized carbons (Fsp3) is 0.750. The lowest BCUT2D eigenvalue weighted by molar-refractivity contribution is -0.117. The minimum Gasteiger partial charge on any atom is -0.444 e. The third-order valence-corrected chi connectivity index (χ3v) is 5.96. The molecule has 0 spiro atoms. The lowest BCUT2D eigenvalue weighted by Crippen LogP contribution is -2.41. The molecule has 2 aliphatic heterocycles. The van der Waals surface area contributed by atoms with Crippen molar-refractivity contribution in [2.24, 2.45) is 5.14 Å². The molecule has 11 nitrogen and oxygen atoms in total. The van der Waals surface area contributed by atoms with Crippen LogP contribution in [0.1, 0.15) is 51.8 Å². The molecule has 0 bridgehead atoms. The fourth-order valence-electron chi connectivity index (χ4n) is 3.22. The van der Waals surface area contributed by atoms with Crippen molar-refractivity contribution in [3.05, 3.63) is 5.89 Å². The second-order valence-electron chi connectivity index (χ2n) is 8.08. The highest BCUT2D eigenvalue weighted by Crippen LogP contribution is 2.31. The summed E-state index contributed by atoms with van der Waals surface area (Å²) in [6, 6.07) is -0.0271. The molecule has 0 aliphatic carbocycles. The predicted molar refractivity (Wildman–Crippen MR) is 97.9 cm³/mol. The summed E-state index contributed by atoms with van der Waals surface area (Å²) in [5.41, 5.74) is -0.549. The number of nitrogens with two attached hydrogens (primary N) is 1. The number of primary sulfonamides is 1. The molecule has 2 aliphatic rings. The van der Waals surface area contributed by atoms with Crippen molar-refractivity contribution >= 4 is 28.0 Å². The van der Waals surface area contributed by atoms with E-state index in [9.17, 15) is 18.0 Å². The van der Waals surface area contributed by atoms with Crippen molar-refractivity contribution in [2.45, 2.75) is 56.8 Å². The van der Waals surface area contributed by atoms with Gasteiger partial charge in [0, 0.05) is 32.0 Å². The number of hydrogen-bond acceptors (Lipinski definition) is 8. The first-order valence-corrected chi connectivity index (χ1v) is 10.7. The maximum absolute atomic E-state index is 12.1. The molecule has 1 aromatic rings. The molecule has 0 radical (unpaired) electrons. The van der Waals surface area contributed by atoms with Crippen molar-refractivity contribution in [3.63, 3.8) is 0 Å². The third kappa shape index (κ3) is 4.61. The van der Waals surface area contributed by atoms with E-state index < -0.39 is 26.8 Å². The molecule has 28 heavy (non-hydrogen) atoms. The summed E-state index contributed by atoms with van der Waals surface area (Å²) < 4.78 is 33.9. The molecule has 3 rings (SSSR count). The van der Waals surface area contributed by atoms with Crippen LogP contribution in [-0.4, -0.2) is 66.0 Å². The minimum absolute atomic E-state index is 0.0271. The van der Waals surface area contributed by atoms with Crippen molar-refractivity contribution < 1.29 is 27.2 Å². The Labute approximate surface area is 163 Å². The van der Waals surface area contributed by atoms with Gasteiger partial charge in [-0.3, -0.25) is 9.69 Å². The number of carbonyl (C=O) groups excluding carboxylic acids is 2. The van der Waals surface area contributed by atoms with Gasteiger partial charge in [0.05, 0.1) is 0 Å². The molecular formula is C16H25N5O6S. The summed E-state index contributed by atoms with van der Waals surface area (Å²) in [4.78, 5) is 27.0. The Hall–Kier alpha value is -2.21. The fourth-order valence-corrected chi connectivity index (χ4v) is 3.95. The smallest absolute Gasteiger partial charge is 0.410 e. The molecule has 3 heterocycles. The molecule has 156 valence electrons. The van der Waals surface area contributed by atoms with Gasteiger partial charge in [0.25, 0.3) is 0 Å². The van der Waals surface area contributed by atoms with Crippen LogP contribution < -0.4 is 10.0 Å². The maximum Gasteiger partial charge on any atom is 0.410 e. The monoisotopic (exact) mass is 415 g/mol. The summed E-state index contributed by atoms with van der Waals surface area (Å²) in [6.45, 7) is 6.34. The van der Waals surface area contributed by atoms with Gasteiger partial charge in [-0.1, -0.05) is 5.10 Å². The summed E-state index contributed by atoms with van der Waals surface area (Å²) in [6.07, 6.45) is 0.683. The highest BCUT2D eigenvalue weighted by molar-refractivity contribution is 7.89. The molecule has 2 fully saturated rings. The Morgan fingerprint density at radius 3 is 2.43 bits per heavy atom. The molecule has 2 N–H and O–H groups in total. The number of rotatable bonds is 3. The molecule has 2 amide bonds. The van der Waals surface area contributed by atoms with E-state index in [2.05, 4.69) is 10.2 Å². The van der Waals surface area contributed by atoms with E-state index in [1.807, 2.05) is 20.8 Å². The Balaban J connectivity index is 1.60. The second-order valence-corrected chi connectivity index (χ2v) is 9.93. The van der Waals surface area contributed by atoms with E-state index in [-0.39, 0.29) is 31.0 Å². The van der Waals surface area contributed by atoms with E-state index in [4.69, 9.17) is 14.3 Å². The first kappa shape index (κ1) is 20.5. The standard InChI is InChI=1S/C16H25N5O6S/c1-16(2,3)27-15(23)20-6-4-10(5-7-20)13-18-19-14(26-13)21-9-11(8-12(21)22)28(17,24)25/h10-11H,4-9H2,1-3H3,(H2,17,24,25). The lowest BCUT2D eigenvalue weighted by atomic mass is 9.97. The molecule has 2 saturated heterocycles. The van der Waals surface area contributed by atoms with Crippen LogP contribution in [0.5, 0.6) is 0 Å². The van der Waals surface area contributed by atoms with Gasteiger partial charge in [0.2, 0.25) is 21.8 Å². The molecule has 1 aromatic heterocycles. The normalized spacial score (nSPS) is 22.0. The zero-order valence-corrected chi connectivity index (χ0v) is 16.9. The van der Waals surface area contributed by atoms with Crippen LogP contribution >= 0.6 is 0 Å². The van der Waals surface area contributed by atoms with Gasteiger partial charge >= 0.3 is 12.1 Å². The van der Waals surface area contributed by atoms with Gasteiger partial charge in [0.15, 0.2) is 0 Å². The van der Waals surface area contributed by atoms with E-state index in [1.165, 1.54) is 0 Å². The van der Waals surface area contributed by atoms with Crippen LogP contribution in [0.3, 0.4) is 0 Å². The van der Waals surface area contributed by atoms with Crippen LogP contribution in [0.4, 0.5) is 10.8 Å². The van der Waals surface area contributed by atoms with Gasteiger partial charge in [-0.05, 0) is 33.6 Å². The molecule has 1 atom stereocenters. The Morgan fingerprint density at radius 2 is 1.89 bits per heavy atom. The lowest BCUT2D eigenvalue weighted by Gasteiger charge is -2.32. The zero-order chi connectivity index (χ0) is 20.7. The summed E-state index contributed by atoms with van der Waals surface area (Å²) in [5.74, 6) is -0.105. The number of anilines is 1. The molecule has 12 heteroatoms. The average Bonchev–Trinajstić information content (AvgIpc) is 3.19. The van der Waals surface area contributed by atoms with Gasteiger partial charge in [-0.2, -0.15) is 0 Å². The largest absolute Gasteiger partial charge is 0.444 e. The number of hydrogen-bond donors (Lipinski definition) is 1. The highest BCUT2D eigenvalue weighted by Gasteiger charge is 2.40. The van der Waals surface area contributed by atoms with Gasteiger partial charge in [0.1, 0.15) is 10.9 Å². The van der Waals surface area contributed by atoms with E-state index in [1.54, 1.807) is 4.90 Å². The minimum atomic E-state index is -3.82. The molecular weight excluding hydrogens is 390 g/mol. The first-order chi connectivity index (χ1) is 12.9. The maximum atomic E-state index is 12.1. The SMILES string of the molecule is CC(C)(C)OC(=O)N1CCC(c2nnc(N3CC(S(N)(=O)=O)CC3=O)o2)CC1. The number of ether oxygens (including phenoxy) is 1. The summed E-state index contributed by atoms with van der Waals surface area (Å²) in [5, 5.41) is 12.0. The third-order valence-electron chi connectivity index (χ3n) is 4.71. The van der Waals surface area contributed by atoms with Crippen LogP contribution in [0.2, 0.25) is 0 Å². The zero-order valence-electron chi connectivity index (χ0n) is 16.1. The quantitative estimate of drug-likeness (QED) is 0.753. The Bertz CT molecular complexity index is 853. The Kier molecular flexibility index (Phi) is 5.36. The molecule has 0 saturated carbocycles. The van der Waals surface area contributed by atoms with Gasteiger partial charge in [-0.15, -0.1) is 5.10 Å². The average molecular weight is 415 g/mol. The van der Waals surface area contributed by atoms with Crippen LogP contribution in [0.15, 0.2) is 4.42 Å². The molecule has 0 aromatic carbocycles. The van der Waals surface area contributed by atoms with Gasteiger partial charge < -0.3 is 14.1 Å². The van der Waals surface area contributed by atoms with Crippen molar-refractivity contribution in [1.82, 2.24) is 15.1 Å². The van der Waals surface area contributed by atoms with Crippen LogP contribution in [-0.2, 0) is 19.6 Å². The summed E-state index contributed by atoms with van der Waals surface area (Å²) >= 11 is 0. The van der Waals surface area contributed by atoms with E-state index in [0.29, 0.717) is 31.8 Å². The van der Waals surface area contributed by atoms with Crippen molar-refractivity contribution in [3.8, 4) is 0 Å². The van der Waals surface area contributed by atoms with Crippen LogP contribution in [0, 0.1) is 0 Å². The number of carbonyl (C=O) groups is 2. The van der Waals surface area contributed by atoms with E-state index in [0.717, 1.165) is 4.90 Å². The van der Waals surface area contributed by atoms with E-state index >= 15 is 0 Å². The number of aromatic nitrogens is 2. The number of nitrogens with zero attached hydrogens (tertiary/aromatic N) is 4. The Morgan fingerprint density at radius 1 is 1.25 bits per heavy atom. The van der Waals surface area contributed by atoms with Gasteiger partial charge in [-0.25, -0.2) is 18.4 Å². The number of piperidine rings is 1. The highest BCUT2D eigenvalue weighted by atomic mass is 32.2.